The Morgan fingerprint density at radius 1 is 0.905 bits per heavy atom. The number of nitrogens with two attached hydrogens (primary N) is 4. The Hall–Kier alpha value is -2.05. The van der Waals surface area contributed by atoms with E-state index in [1.807, 2.05) is 0 Å². The van der Waals surface area contributed by atoms with E-state index in [1.165, 1.54) is 0 Å². The number of carboxylic acids is 3. The third-order valence-corrected chi connectivity index (χ3v) is 1.89. The van der Waals surface area contributed by atoms with Crippen LogP contribution in [-0.2, 0) is 14.4 Å². The van der Waals surface area contributed by atoms with Crippen LogP contribution in [0.1, 0.15) is 12.8 Å². The van der Waals surface area contributed by atoms with Crippen molar-refractivity contribution in [1.82, 2.24) is 0 Å². The lowest BCUT2D eigenvalue weighted by atomic mass is 10.2. The van der Waals surface area contributed by atoms with Gasteiger partial charge in [-0.15, -0.1) is 0 Å². The molecule has 11 nitrogen and oxygen atoms in total. The van der Waals surface area contributed by atoms with Crippen molar-refractivity contribution in [1.29, 1.82) is 0 Å². The summed E-state index contributed by atoms with van der Waals surface area (Å²) < 4.78 is 0. The molecule has 124 valence electrons. The fraction of sp³-hybridized carbons (Fsp3) is 0.556. The molecule has 2 amide bonds. The molecule has 21 heavy (non-hydrogen) atoms. The van der Waals surface area contributed by atoms with Crippen molar-refractivity contribution in [2.24, 2.45) is 22.9 Å². The average molecular weight is 328 g/mol. The summed E-state index contributed by atoms with van der Waals surface area (Å²) >= 11 is 3.65. The molecule has 0 aromatic carbocycles. The van der Waals surface area contributed by atoms with Gasteiger partial charge >= 0.3 is 23.9 Å². The highest BCUT2D eigenvalue weighted by molar-refractivity contribution is 7.80. The smallest absolute Gasteiger partial charge is 0.321 e. The van der Waals surface area contributed by atoms with Crippen molar-refractivity contribution < 1.29 is 34.5 Å². The van der Waals surface area contributed by atoms with Gasteiger partial charge in [-0.25, -0.2) is 4.79 Å². The largest absolute Gasteiger partial charge is 0.481 e. The van der Waals surface area contributed by atoms with E-state index >= 15 is 0 Å². The number of amides is 2. The fourth-order valence-corrected chi connectivity index (χ4v) is 0.637. The molecule has 0 saturated carbocycles. The first kappa shape index (κ1) is 24.0. The average Bonchev–Trinajstić information content (AvgIpc) is 2.34. The summed E-state index contributed by atoms with van der Waals surface area (Å²) in [6.45, 7) is 0. The number of carbonyl (C=O) groups is 4. The third-order valence-electron chi connectivity index (χ3n) is 1.50. The molecular formula is C9H20N4O7S. The van der Waals surface area contributed by atoms with Crippen molar-refractivity contribution in [3.05, 3.63) is 0 Å². The number of primary amides is 2. The van der Waals surface area contributed by atoms with Gasteiger partial charge in [0.15, 0.2) is 0 Å². The second kappa shape index (κ2) is 14.4. The summed E-state index contributed by atoms with van der Waals surface area (Å²) in [6.07, 6.45) is -0.224. The lowest BCUT2D eigenvalue weighted by Crippen LogP contribution is -2.31. The Morgan fingerprint density at radius 3 is 1.38 bits per heavy atom. The van der Waals surface area contributed by atoms with Crippen LogP contribution >= 0.6 is 12.6 Å². The van der Waals surface area contributed by atoms with E-state index in [0.29, 0.717) is 0 Å². The highest BCUT2D eigenvalue weighted by Crippen LogP contribution is 1.93. The molecule has 0 spiro atoms. The molecular weight excluding hydrogens is 308 g/mol. The molecule has 2 atom stereocenters. The quantitative estimate of drug-likeness (QED) is 0.242. The van der Waals surface area contributed by atoms with E-state index in [-0.39, 0.29) is 18.6 Å². The summed E-state index contributed by atoms with van der Waals surface area (Å²) in [4.78, 5) is 38.6. The van der Waals surface area contributed by atoms with Crippen molar-refractivity contribution in [3.8, 4) is 0 Å². The van der Waals surface area contributed by atoms with Crippen molar-refractivity contribution in [2.45, 2.75) is 24.9 Å². The lowest BCUT2D eigenvalue weighted by molar-refractivity contribution is -0.140. The first-order valence-electron chi connectivity index (χ1n) is 5.29. The molecule has 0 fully saturated rings. The minimum absolute atomic E-state index is 0.0231. The number of urea groups is 1. The molecule has 0 aliphatic rings. The fourth-order valence-electron chi connectivity index (χ4n) is 0.481. The van der Waals surface area contributed by atoms with Gasteiger partial charge in [0, 0.05) is 12.2 Å². The summed E-state index contributed by atoms with van der Waals surface area (Å²) in [5.74, 6) is -3.01. The van der Waals surface area contributed by atoms with E-state index < -0.39 is 36.0 Å². The van der Waals surface area contributed by atoms with Gasteiger partial charge in [0.2, 0.25) is 0 Å². The summed E-state index contributed by atoms with van der Waals surface area (Å²) in [7, 11) is 0. The lowest BCUT2D eigenvalue weighted by Gasteiger charge is -2.01. The molecule has 0 aromatic heterocycles. The Kier molecular flexibility index (Phi) is 16.4. The molecule has 0 rings (SSSR count). The van der Waals surface area contributed by atoms with Gasteiger partial charge in [-0.2, -0.15) is 12.6 Å². The first-order valence-corrected chi connectivity index (χ1v) is 5.93. The first-order chi connectivity index (χ1) is 9.45. The molecule has 0 aliphatic carbocycles. The highest BCUT2D eigenvalue weighted by Gasteiger charge is 2.12. The number of thiol groups is 1. The van der Waals surface area contributed by atoms with Crippen molar-refractivity contribution in [2.75, 3.05) is 5.75 Å². The molecule has 11 N–H and O–H groups in total. The zero-order valence-electron chi connectivity index (χ0n) is 11.0. The van der Waals surface area contributed by atoms with Crippen LogP contribution in [0.5, 0.6) is 0 Å². The maximum atomic E-state index is 9.99. The molecule has 2 unspecified atom stereocenters. The number of aliphatic carboxylic acids is 3. The second-order valence-corrected chi connectivity index (χ2v) is 3.77. The molecule has 0 radical (unpaired) electrons. The van der Waals surface area contributed by atoms with Crippen LogP contribution in [0.15, 0.2) is 0 Å². The second-order valence-electron chi connectivity index (χ2n) is 3.41. The van der Waals surface area contributed by atoms with Gasteiger partial charge in [0.25, 0.3) is 0 Å². The normalized spacial score (nSPS) is 11.6. The van der Waals surface area contributed by atoms with Crippen LogP contribution in [0.2, 0.25) is 0 Å². The number of rotatable bonds is 6. The van der Waals surface area contributed by atoms with Gasteiger partial charge in [-0.3, -0.25) is 14.4 Å². The molecule has 0 heterocycles. The predicted octanol–water partition coefficient (Wildman–Crippen LogP) is -2.38. The number of hydrogen-bond acceptors (Lipinski definition) is 7. The van der Waals surface area contributed by atoms with Crippen LogP contribution in [0.25, 0.3) is 0 Å². The Balaban J connectivity index is -0.000000256. The Labute approximate surface area is 125 Å². The number of carboxylic acid groups (broad SMARTS) is 3. The van der Waals surface area contributed by atoms with E-state index in [2.05, 4.69) is 24.1 Å². The van der Waals surface area contributed by atoms with Crippen LogP contribution in [-0.4, -0.2) is 57.1 Å². The summed E-state index contributed by atoms with van der Waals surface area (Å²) in [6, 6.07) is -2.71. The van der Waals surface area contributed by atoms with Crippen molar-refractivity contribution in [3.63, 3.8) is 0 Å². The highest BCUT2D eigenvalue weighted by atomic mass is 32.1. The third kappa shape index (κ3) is 27.2. The maximum Gasteiger partial charge on any atom is 0.321 e. The zero-order valence-corrected chi connectivity index (χ0v) is 11.9. The number of carbonyl (C=O) groups excluding carboxylic acids is 1. The maximum absolute atomic E-state index is 9.99. The van der Waals surface area contributed by atoms with Gasteiger partial charge in [0.05, 0.1) is 0 Å². The molecule has 12 heteroatoms. The van der Waals surface area contributed by atoms with Crippen LogP contribution in [0.4, 0.5) is 4.79 Å². The number of hydrogen-bond donors (Lipinski definition) is 8. The van der Waals surface area contributed by atoms with Crippen LogP contribution in [0.3, 0.4) is 0 Å². The molecule has 0 saturated heterocycles. The van der Waals surface area contributed by atoms with Gasteiger partial charge in [-0.05, 0) is 6.42 Å². The van der Waals surface area contributed by atoms with Gasteiger partial charge in [0.1, 0.15) is 12.1 Å². The Morgan fingerprint density at radius 2 is 1.24 bits per heavy atom. The van der Waals surface area contributed by atoms with Crippen LogP contribution in [0, 0.1) is 0 Å². The SMILES string of the molecule is NC(CCC(=O)O)C(=O)O.NC(CS)C(=O)O.NC(N)=O. The molecule has 0 bridgehead atoms. The van der Waals surface area contributed by atoms with E-state index in [4.69, 9.17) is 31.6 Å². The summed E-state index contributed by atoms with van der Waals surface area (Å²) in [5, 5.41) is 24.3. The van der Waals surface area contributed by atoms with Crippen molar-refractivity contribution >= 4 is 36.6 Å². The van der Waals surface area contributed by atoms with E-state index in [0.717, 1.165) is 0 Å². The van der Waals surface area contributed by atoms with E-state index in [9.17, 15) is 14.4 Å². The van der Waals surface area contributed by atoms with Crippen LogP contribution < -0.4 is 22.9 Å². The molecule has 0 aliphatic heterocycles. The van der Waals surface area contributed by atoms with Gasteiger partial charge < -0.3 is 38.3 Å². The standard InChI is InChI=1S/C5H9NO4.C3H7NO2S.CH4N2O/c6-3(5(9)10)1-2-4(7)8;4-2(1-7)3(5)6;2-1(3)4/h3H,1-2,6H2,(H,7,8)(H,9,10);2,7H,1,4H2,(H,5,6);(H4,2,3,4). The molecule has 0 aromatic rings. The Bertz CT molecular complexity index is 349. The van der Waals surface area contributed by atoms with E-state index in [1.54, 1.807) is 0 Å². The predicted molar refractivity (Wildman–Crippen MR) is 75.7 cm³/mol. The minimum atomic E-state index is -1.17. The summed E-state index contributed by atoms with van der Waals surface area (Å²) in [5.41, 5.74) is 18.4. The van der Waals surface area contributed by atoms with Gasteiger partial charge in [-0.1, -0.05) is 0 Å². The monoisotopic (exact) mass is 328 g/mol. The zero-order chi connectivity index (χ0) is 17.6. The topological polar surface area (TPSA) is 233 Å². The minimum Gasteiger partial charge on any atom is -0.481 e.